The summed E-state index contributed by atoms with van der Waals surface area (Å²) in [6, 6.07) is 19.3. The first kappa shape index (κ1) is 35.5. The van der Waals surface area contributed by atoms with Crippen LogP contribution in [0.25, 0.3) is 0 Å². The molecule has 2 aromatic carbocycles. The molecule has 0 unspecified atom stereocenters. The molecule has 0 saturated heterocycles. The molecule has 0 fully saturated rings. The van der Waals surface area contributed by atoms with Gasteiger partial charge in [-0.05, 0) is 75.2 Å². The normalized spacial score (nSPS) is 11.1. The van der Waals surface area contributed by atoms with Crippen LogP contribution >= 0.6 is 11.8 Å². The van der Waals surface area contributed by atoms with E-state index in [0.717, 1.165) is 61.5 Å². The molecule has 1 heterocycles. The summed E-state index contributed by atoms with van der Waals surface area (Å²) in [5.41, 5.74) is 3.91. The number of esters is 1. The van der Waals surface area contributed by atoms with E-state index < -0.39 is 0 Å². The molecule has 0 spiro atoms. The monoisotopic (exact) mass is 634 g/mol. The van der Waals surface area contributed by atoms with Crippen molar-refractivity contribution in [3.63, 3.8) is 0 Å². The maximum absolute atomic E-state index is 12.6. The van der Waals surface area contributed by atoms with Crippen molar-refractivity contribution in [2.75, 3.05) is 37.8 Å². The Balaban J connectivity index is 1.19. The van der Waals surface area contributed by atoms with Gasteiger partial charge in [0.25, 0.3) is 5.91 Å². The van der Waals surface area contributed by atoms with Crippen molar-refractivity contribution in [3.8, 4) is 0 Å². The van der Waals surface area contributed by atoms with Crippen molar-refractivity contribution in [3.05, 3.63) is 78.1 Å². The summed E-state index contributed by atoms with van der Waals surface area (Å²) in [7, 11) is 3.70. The second kappa shape index (κ2) is 20.9. The van der Waals surface area contributed by atoms with E-state index in [9.17, 15) is 14.4 Å². The van der Waals surface area contributed by atoms with Crippen LogP contribution in [0, 0.1) is 0 Å². The lowest BCUT2D eigenvalue weighted by Gasteiger charge is -2.07. The van der Waals surface area contributed by atoms with Crippen LogP contribution in [-0.2, 0) is 27.1 Å². The van der Waals surface area contributed by atoms with Crippen LogP contribution in [0.4, 0.5) is 17.1 Å². The molecule has 3 rings (SSSR count). The van der Waals surface area contributed by atoms with Gasteiger partial charge in [0.05, 0.1) is 17.1 Å². The van der Waals surface area contributed by atoms with E-state index in [1.807, 2.05) is 61.6 Å². The highest BCUT2D eigenvalue weighted by Gasteiger charge is 2.13. The standard InChI is InChI=1S/C34H46N6O4S/c1-35-20-10-4-8-14-32(41)37-30-24-31(40(2)25-30)34(43)36-21-11-5-9-15-33(42)44-22-23-45-26-27-16-18-29(19-17-27)39-38-28-12-6-3-7-13-28/h3,6-7,12-13,16-19,24-25,35H,4-5,8-11,14-15,20-23,26H2,1-2H3,(H,36,43)(H,37,41). The van der Waals surface area contributed by atoms with E-state index in [4.69, 9.17) is 4.74 Å². The smallest absolute Gasteiger partial charge is 0.305 e. The lowest BCUT2D eigenvalue weighted by Crippen LogP contribution is -2.26. The highest BCUT2D eigenvalue weighted by molar-refractivity contribution is 7.98. The van der Waals surface area contributed by atoms with Crippen molar-refractivity contribution < 1.29 is 19.1 Å². The van der Waals surface area contributed by atoms with Crippen LogP contribution in [0.1, 0.15) is 67.4 Å². The second-order valence-corrected chi connectivity index (χ2v) is 11.8. The summed E-state index contributed by atoms with van der Waals surface area (Å²) >= 11 is 1.71. The van der Waals surface area contributed by atoms with E-state index in [1.165, 1.54) is 5.56 Å². The van der Waals surface area contributed by atoms with Gasteiger partial charge in [0.2, 0.25) is 5.91 Å². The number of nitrogens with one attached hydrogen (secondary N) is 3. The minimum Gasteiger partial charge on any atom is -0.465 e. The number of anilines is 1. The number of aromatic nitrogens is 1. The molecule has 0 aliphatic heterocycles. The van der Waals surface area contributed by atoms with Gasteiger partial charge in [0.15, 0.2) is 0 Å². The molecule has 45 heavy (non-hydrogen) atoms. The summed E-state index contributed by atoms with van der Waals surface area (Å²) in [4.78, 5) is 36.8. The van der Waals surface area contributed by atoms with Crippen LogP contribution in [0.5, 0.6) is 0 Å². The van der Waals surface area contributed by atoms with Crippen molar-refractivity contribution in [1.82, 2.24) is 15.2 Å². The number of azo groups is 1. The minimum absolute atomic E-state index is 0.0421. The van der Waals surface area contributed by atoms with Gasteiger partial charge in [-0.25, -0.2) is 0 Å². The maximum Gasteiger partial charge on any atom is 0.305 e. The van der Waals surface area contributed by atoms with Gasteiger partial charge >= 0.3 is 5.97 Å². The van der Waals surface area contributed by atoms with Crippen molar-refractivity contribution in [1.29, 1.82) is 0 Å². The number of hydrogen-bond acceptors (Lipinski definition) is 8. The number of hydrogen-bond donors (Lipinski definition) is 3. The zero-order chi connectivity index (χ0) is 32.1. The summed E-state index contributed by atoms with van der Waals surface area (Å²) in [5.74, 6) is 1.14. The Morgan fingerprint density at radius 2 is 1.53 bits per heavy atom. The summed E-state index contributed by atoms with van der Waals surface area (Å²) in [5, 5.41) is 17.4. The number of benzene rings is 2. The van der Waals surface area contributed by atoms with Crippen molar-refractivity contribution >= 4 is 46.6 Å². The van der Waals surface area contributed by atoms with Crippen molar-refractivity contribution in [2.45, 2.75) is 57.1 Å². The molecule has 0 atom stereocenters. The van der Waals surface area contributed by atoms with Gasteiger partial charge in [-0.3, -0.25) is 14.4 Å². The fourth-order valence-corrected chi connectivity index (χ4v) is 5.23. The highest BCUT2D eigenvalue weighted by atomic mass is 32.2. The lowest BCUT2D eigenvalue weighted by atomic mass is 10.2. The molecule has 242 valence electrons. The number of rotatable bonds is 21. The van der Waals surface area contributed by atoms with E-state index >= 15 is 0 Å². The first-order chi connectivity index (χ1) is 21.9. The van der Waals surface area contributed by atoms with Gasteiger partial charge in [0, 0.05) is 44.1 Å². The molecule has 0 bridgehead atoms. The Labute approximate surface area is 270 Å². The number of thioether (sulfide) groups is 1. The van der Waals surface area contributed by atoms with Crippen LogP contribution in [0.2, 0.25) is 0 Å². The third-order valence-electron chi connectivity index (χ3n) is 6.93. The predicted octanol–water partition coefficient (Wildman–Crippen LogP) is 6.93. The fourth-order valence-electron chi connectivity index (χ4n) is 4.46. The predicted molar refractivity (Wildman–Crippen MR) is 181 cm³/mol. The quantitative estimate of drug-likeness (QED) is 0.0663. The summed E-state index contributed by atoms with van der Waals surface area (Å²) in [6.45, 7) is 1.86. The van der Waals surface area contributed by atoms with E-state index in [-0.39, 0.29) is 17.8 Å². The first-order valence-electron chi connectivity index (χ1n) is 15.6. The fraction of sp³-hybridized carbons (Fsp3) is 0.441. The number of nitrogens with zero attached hydrogens (tertiary/aromatic N) is 3. The third-order valence-corrected chi connectivity index (χ3v) is 7.92. The molecule has 3 N–H and O–H groups in total. The van der Waals surface area contributed by atoms with Crippen LogP contribution in [0.3, 0.4) is 0 Å². The topological polar surface area (TPSA) is 126 Å². The number of amides is 2. The summed E-state index contributed by atoms with van der Waals surface area (Å²) in [6.07, 6.45) is 7.76. The molecule has 0 saturated carbocycles. The van der Waals surface area contributed by atoms with E-state index in [1.54, 1.807) is 35.6 Å². The first-order valence-corrected chi connectivity index (χ1v) is 16.8. The number of carbonyl (C=O) groups excluding carboxylic acids is 3. The number of aryl methyl sites for hydroxylation is 1. The van der Waals surface area contributed by atoms with Gasteiger partial charge in [-0.1, -0.05) is 43.2 Å². The SMILES string of the molecule is CNCCCCCC(=O)Nc1cc(C(=O)NCCCCCC(=O)OCCSCc2ccc(N=Nc3ccccc3)cc2)n(C)c1. The number of carbonyl (C=O) groups is 3. The summed E-state index contributed by atoms with van der Waals surface area (Å²) < 4.78 is 7.07. The van der Waals surface area contributed by atoms with Gasteiger partial charge in [-0.15, -0.1) is 0 Å². The molecule has 10 nitrogen and oxygen atoms in total. The molecular weight excluding hydrogens is 588 g/mol. The average molecular weight is 635 g/mol. The zero-order valence-electron chi connectivity index (χ0n) is 26.4. The average Bonchev–Trinajstić information content (AvgIpc) is 3.41. The third kappa shape index (κ3) is 14.6. The molecular formula is C34H46N6O4S. The van der Waals surface area contributed by atoms with Gasteiger partial charge in [-0.2, -0.15) is 22.0 Å². The molecule has 11 heteroatoms. The number of ether oxygens (including phenoxy) is 1. The molecule has 1 aromatic heterocycles. The largest absolute Gasteiger partial charge is 0.465 e. The van der Waals surface area contributed by atoms with Crippen LogP contribution in [0.15, 0.2) is 77.1 Å². The van der Waals surface area contributed by atoms with Gasteiger partial charge < -0.3 is 25.3 Å². The number of unbranched alkanes of at least 4 members (excludes halogenated alkanes) is 4. The zero-order valence-corrected chi connectivity index (χ0v) is 27.2. The minimum atomic E-state index is -0.191. The Bertz CT molecular complexity index is 1340. The molecule has 2 amide bonds. The maximum atomic E-state index is 12.6. The Morgan fingerprint density at radius 3 is 2.27 bits per heavy atom. The highest BCUT2D eigenvalue weighted by Crippen LogP contribution is 2.20. The van der Waals surface area contributed by atoms with E-state index in [0.29, 0.717) is 43.8 Å². The lowest BCUT2D eigenvalue weighted by molar-refractivity contribution is -0.143. The van der Waals surface area contributed by atoms with Crippen molar-refractivity contribution in [2.24, 2.45) is 17.3 Å². The van der Waals surface area contributed by atoms with Crippen LogP contribution < -0.4 is 16.0 Å². The molecule has 3 aromatic rings. The molecule has 0 aliphatic carbocycles. The molecule has 0 aliphatic rings. The second-order valence-electron chi connectivity index (χ2n) is 10.7. The Hall–Kier alpha value is -3.96. The Morgan fingerprint density at radius 1 is 0.844 bits per heavy atom. The van der Waals surface area contributed by atoms with Crippen LogP contribution in [-0.4, -0.2) is 54.8 Å². The molecule has 0 radical (unpaired) electrons. The Kier molecular flexibility index (Phi) is 16.5. The van der Waals surface area contributed by atoms with E-state index in [2.05, 4.69) is 26.2 Å². The van der Waals surface area contributed by atoms with Gasteiger partial charge in [0.1, 0.15) is 12.3 Å².